The first-order valence-corrected chi connectivity index (χ1v) is 8.77. The van der Waals surface area contributed by atoms with Gasteiger partial charge in [-0.2, -0.15) is 9.50 Å². The van der Waals surface area contributed by atoms with Crippen LogP contribution in [0.15, 0.2) is 53.3 Å². The van der Waals surface area contributed by atoms with Gasteiger partial charge < -0.3 is 4.74 Å². The predicted octanol–water partition coefficient (Wildman–Crippen LogP) is 2.43. The van der Waals surface area contributed by atoms with Gasteiger partial charge in [0.15, 0.2) is 5.82 Å². The summed E-state index contributed by atoms with van der Waals surface area (Å²) in [4.78, 5) is 28.5. The topological polar surface area (TPSA) is 73.6 Å². The van der Waals surface area contributed by atoms with Crippen LogP contribution >= 0.6 is 11.3 Å². The van der Waals surface area contributed by atoms with Crippen molar-refractivity contribution in [1.82, 2.24) is 14.6 Å². The number of rotatable bonds is 3. The van der Waals surface area contributed by atoms with Crippen LogP contribution in [-0.4, -0.2) is 20.6 Å². The third-order valence-corrected chi connectivity index (χ3v) is 4.66. The van der Waals surface area contributed by atoms with Crippen molar-refractivity contribution < 1.29 is 13.9 Å². The third kappa shape index (κ3) is 3.47. The Morgan fingerprint density at radius 2 is 2.00 bits per heavy atom. The number of halogens is 1. The van der Waals surface area contributed by atoms with E-state index in [0.29, 0.717) is 32.2 Å². The summed E-state index contributed by atoms with van der Waals surface area (Å²) in [7, 11) is 0. The van der Waals surface area contributed by atoms with Crippen molar-refractivity contribution in [2.24, 2.45) is 0 Å². The lowest BCUT2D eigenvalue weighted by Gasteiger charge is -2.01. The molecule has 0 amide bonds. The second-order valence-corrected chi connectivity index (χ2v) is 6.73. The van der Waals surface area contributed by atoms with Crippen LogP contribution in [0, 0.1) is 5.82 Å². The maximum absolute atomic E-state index is 13.0. The molecule has 4 rings (SSSR count). The normalized spacial score (nSPS) is 11.9. The molecule has 0 spiro atoms. The minimum Gasteiger partial charge on any atom is -0.427 e. The Morgan fingerprint density at radius 1 is 1.22 bits per heavy atom. The van der Waals surface area contributed by atoms with Gasteiger partial charge in [0.25, 0.3) is 5.56 Å². The van der Waals surface area contributed by atoms with E-state index in [1.807, 2.05) is 0 Å². The molecule has 0 aliphatic heterocycles. The van der Waals surface area contributed by atoms with E-state index in [0.717, 1.165) is 0 Å². The largest absolute Gasteiger partial charge is 0.427 e. The smallest absolute Gasteiger partial charge is 0.308 e. The van der Waals surface area contributed by atoms with Crippen molar-refractivity contribution in [1.29, 1.82) is 0 Å². The van der Waals surface area contributed by atoms with Gasteiger partial charge in [0, 0.05) is 12.5 Å². The van der Waals surface area contributed by atoms with E-state index in [-0.39, 0.29) is 11.4 Å². The Kier molecular flexibility index (Phi) is 4.25. The van der Waals surface area contributed by atoms with Crippen molar-refractivity contribution in [2.45, 2.75) is 6.92 Å². The average Bonchev–Trinajstić information content (AvgIpc) is 3.16. The van der Waals surface area contributed by atoms with Crippen LogP contribution in [-0.2, 0) is 4.79 Å². The Balaban J connectivity index is 1.73. The SMILES string of the molecule is CC(=O)Oc1cccc(/C=c2\sc3nc(-c4ccc(F)cc4)nn3c2=O)c1. The van der Waals surface area contributed by atoms with Crippen molar-refractivity contribution >= 4 is 28.3 Å². The van der Waals surface area contributed by atoms with Crippen LogP contribution in [0.4, 0.5) is 4.39 Å². The highest BCUT2D eigenvalue weighted by molar-refractivity contribution is 7.15. The lowest BCUT2D eigenvalue weighted by Crippen LogP contribution is -2.23. The molecule has 2 aromatic carbocycles. The summed E-state index contributed by atoms with van der Waals surface area (Å²) in [6.07, 6.45) is 1.69. The van der Waals surface area contributed by atoms with Gasteiger partial charge in [-0.15, -0.1) is 5.10 Å². The first-order chi connectivity index (χ1) is 13.0. The molecular weight excluding hydrogens is 369 g/mol. The molecule has 0 aliphatic rings. The van der Waals surface area contributed by atoms with E-state index < -0.39 is 5.97 Å². The number of fused-ring (bicyclic) bond motifs is 1. The van der Waals surface area contributed by atoms with Crippen LogP contribution in [0.1, 0.15) is 12.5 Å². The van der Waals surface area contributed by atoms with Crippen LogP contribution < -0.4 is 14.8 Å². The highest BCUT2D eigenvalue weighted by Gasteiger charge is 2.12. The van der Waals surface area contributed by atoms with E-state index in [4.69, 9.17) is 4.74 Å². The van der Waals surface area contributed by atoms with E-state index in [1.165, 1.54) is 34.9 Å². The number of carbonyl (C=O) groups excluding carboxylic acids is 1. The molecule has 0 atom stereocenters. The number of thiazole rings is 1. The molecule has 6 nitrogen and oxygen atoms in total. The van der Waals surface area contributed by atoms with Crippen LogP contribution in [0.25, 0.3) is 22.4 Å². The number of benzene rings is 2. The van der Waals surface area contributed by atoms with E-state index in [1.54, 1.807) is 42.5 Å². The zero-order chi connectivity index (χ0) is 19.0. The molecule has 0 bridgehead atoms. The van der Waals surface area contributed by atoms with Crippen LogP contribution in [0.2, 0.25) is 0 Å². The Hall–Kier alpha value is -3.39. The summed E-state index contributed by atoms with van der Waals surface area (Å²) < 4.78 is 19.8. The summed E-state index contributed by atoms with van der Waals surface area (Å²) in [6.45, 7) is 1.32. The first-order valence-electron chi connectivity index (χ1n) is 7.95. The highest BCUT2D eigenvalue weighted by atomic mass is 32.1. The molecule has 2 heterocycles. The van der Waals surface area contributed by atoms with Crippen LogP contribution in [0.5, 0.6) is 5.75 Å². The predicted molar refractivity (Wildman–Crippen MR) is 99.1 cm³/mol. The summed E-state index contributed by atoms with van der Waals surface area (Å²) in [5, 5.41) is 4.22. The second kappa shape index (κ2) is 6.73. The van der Waals surface area contributed by atoms with E-state index >= 15 is 0 Å². The molecular formula is C19H12FN3O3S. The first kappa shape index (κ1) is 17.0. The number of nitrogens with zero attached hydrogens (tertiary/aromatic N) is 3. The van der Waals surface area contributed by atoms with Gasteiger partial charge in [-0.3, -0.25) is 9.59 Å². The summed E-state index contributed by atoms with van der Waals surface area (Å²) in [5.74, 6) is 0.00411. The van der Waals surface area contributed by atoms with Gasteiger partial charge in [0.2, 0.25) is 4.96 Å². The number of aromatic nitrogens is 3. The summed E-state index contributed by atoms with van der Waals surface area (Å²) in [5.41, 5.74) is 1.05. The van der Waals surface area contributed by atoms with Gasteiger partial charge in [-0.1, -0.05) is 23.5 Å². The molecule has 0 aliphatic carbocycles. The fourth-order valence-electron chi connectivity index (χ4n) is 2.54. The lowest BCUT2D eigenvalue weighted by atomic mass is 10.2. The molecule has 2 aromatic heterocycles. The lowest BCUT2D eigenvalue weighted by molar-refractivity contribution is -0.131. The second-order valence-electron chi connectivity index (χ2n) is 5.72. The van der Waals surface area contributed by atoms with E-state index in [2.05, 4.69) is 10.1 Å². The molecule has 27 heavy (non-hydrogen) atoms. The zero-order valence-electron chi connectivity index (χ0n) is 14.0. The number of carbonyl (C=O) groups is 1. The van der Waals surface area contributed by atoms with Gasteiger partial charge in [-0.25, -0.2) is 4.39 Å². The number of esters is 1. The van der Waals surface area contributed by atoms with Gasteiger partial charge >= 0.3 is 5.97 Å². The summed E-state index contributed by atoms with van der Waals surface area (Å²) >= 11 is 1.20. The Bertz CT molecular complexity index is 1260. The highest BCUT2D eigenvalue weighted by Crippen LogP contribution is 2.17. The number of hydrogen-bond acceptors (Lipinski definition) is 6. The molecule has 0 unspecified atom stereocenters. The van der Waals surface area contributed by atoms with Gasteiger partial charge in [0.05, 0.1) is 4.53 Å². The monoisotopic (exact) mass is 381 g/mol. The molecule has 0 N–H and O–H groups in total. The maximum atomic E-state index is 13.0. The van der Waals surface area contributed by atoms with Crippen LogP contribution in [0.3, 0.4) is 0 Å². The molecule has 4 aromatic rings. The molecule has 0 saturated heterocycles. The maximum Gasteiger partial charge on any atom is 0.308 e. The van der Waals surface area contributed by atoms with Crippen molar-refractivity contribution in [2.75, 3.05) is 0 Å². The minimum atomic E-state index is -0.413. The molecule has 8 heteroatoms. The average molecular weight is 381 g/mol. The van der Waals surface area contributed by atoms with Gasteiger partial charge in [-0.05, 0) is 48.0 Å². The molecule has 134 valence electrons. The standard InChI is InChI=1S/C19H12FN3O3S/c1-11(24)26-15-4-2-3-12(9-15)10-16-18(25)23-19(27-16)21-17(22-23)13-5-7-14(20)8-6-13/h2-10H,1H3/b16-10-. The minimum absolute atomic E-state index is 0.297. The van der Waals surface area contributed by atoms with Gasteiger partial charge in [0.1, 0.15) is 11.6 Å². The third-order valence-electron chi connectivity index (χ3n) is 3.70. The Labute approximate surface area is 156 Å². The molecule has 0 saturated carbocycles. The van der Waals surface area contributed by atoms with Crippen molar-refractivity contribution in [3.05, 3.63) is 74.8 Å². The number of ether oxygens (including phenoxy) is 1. The van der Waals surface area contributed by atoms with Crippen molar-refractivity contribution in [3.8, 4) is 17.1 Å². The Morgan fingerprint density at radius 3 is 2.70 bits per heavy atom. The summed E-state index contributed by atoms with van der Waals surface area (Å²) in [6, 6.07) is 12.6. The number of hydrogen-bond donors (Lipinski definition) is 0. The fourth-order valence-corrected chi connectivity index (χ4v) is 3.45. The van der Waals surface area contributed by atoms with Crippen molar-refractivity contribution in [3.63, 3.8) is 0 Å². The zero-order valence-corrected chi connectivity index (χ0v) is 14.9. The molecule has 0 radical (unpaired) electrons. The van der Waals surface area contributed by atoms with E-state index in [9.17, 15) is 14.0 Å². The fraction of sp³-hybridized carbons (Fsp3) is 0.0526. The molecule has 0 fully saturated rings. The quantitative estimate of drug-likeness (QED) is 0.403.